The van der Waals surface area contributed by atoms with Crippen molar-refractivity contribution < 1.29 is 4.79 Å². The van der Waals surface area contributed by atoms with Crippen LogP contribution in [0.5, 0.6) is 0 Å². The molecule has 0 saturated heterocycles. The van der Waals surface area contributed by atoms with Gasteiger partial charge in [-0.05, 0) is 54.2 Å². The highest BCUT2D eigenvalue weighted by Crippen LogP contribution is 2.39. The van der Waals surface area contributed by atoms with Crippen molar-refractivity contribution >= 4 is 5.91 Å². The van der Waals surface area contributed by atoms with Gasteiger partial charge >= 0.3 is 0 Å². The van der Waals surface area contributed by atoms with Crippen molar-refractivity contribution in [3.63, 3.8) is 0 Å². The van der Waals surface area contributed by atoms with Gasteiger partial charge in [0.1, 0.15) is 0 Å². The highest BCUT2D eigenvalue weighted by Gasteiger charge is 2.26. The van der Waals surface area contributed by atoms with Gasteiger partial charge in [0.05, 0.1) is 0 Å². The van der Waals surface area contributed by atoms with E-state index < -0.39 is 0 Å². The monoisotopic (exact) mass is 341 g/mol. The standard InChI is InChI=1S/C24H23NO/c1-17(25-24(26)18-9-3-2-4-10-18)15-23-21-13-7-5-11-19(21)16-20-12-6-8-14-22(20)23/h2-14,17,23H,15-16H2,1H3,(H,25,26). The Bertz CT molecular complexity index is 871. The normalized spacial score (nSPS) is 14.2. The van der Waals surface area contributed by atoms with E-state index in [9.17, 15) is 4.79 Å². The lowest BCUT2D eigenvalue weighted by Crippen LogP contribution is -2.34. The van der Waals surface area contributed by atoms with E-state index in [4.69, 9.17) is 0 Å². The second-order valence-electron chi connectivity index (χ2n) is 7.10. The van der Waals surface area contributed by atoms with Gasteiger partial charge in [-0.3, -0.25) is 4.79 Å². The third-order valence-corrected chi connectivity index (χ3v) is 5.24. The number of amides is 1. The Morgan fingerprint density at radius 1 is 0.885 bits per heavy atom. The lowest BCUT2D eigenvalue weighted by molar-refractivity contribution is 0.0937. The molecule has 1 aliphatic rings. The fourth-order valence-corrected chi connectivity index (χ4v) is 4.01. The average molecular weight is 341 g/mol. The number of nitrogens with one attached hydrogen (secondary N) is 1. The molecule has 1 aliphatic carbocycles. The van der Waals surface area contributed by atoms with Crippen LogP contribution in [0, 0.1) is 0 Å². The molecule has 1 N–H and O–H groups in total. The van der Waals surface area contributed by atoms with Crippen LogP contribution in [-0.2, 0) is 6.42 Å². The van der Waals surface area contributed by atoms with E-state index in [2.05, 4.69) is 60.8 Å². The first-order valence-electron chi connectivity index (χ1n) is 9.24. The van der Waals surface area contributed by atoms with E-state index >= 15 is 0 Å². The largest absolute Gasteiger partial charge is 0.350 e. The molecule has 130 valence electrons. The van der Waals surface area contributed by atoms with Crippen LogP contribution < -0.4 is 5.32 Å². The number of fused-ring (bicyclic) bond motifs is 2. The average Bonchev–Trinajstić information content (AvgIpc) is 2.68. The highest BCUT2D eigenvalue weighted by atomic mass is 16.1. The summed E-state index contributed by atoms with van der Waals surface area (Å²) in [7, 11) is 0. The van der Waals surface area contributed by atoms with Crippen LogP contribution in [0.25, 0.3) is 0 Å². The Balaban J connectivity index is 1.57. The Hall–Kier alpha value is -2.87. The number of benzene rings is 3. The summed E-state index contributed by atoms with van der Waals surface area (Å²) in [5.74, 6) is 0.317. The van der Waals surface area contributed by atoms with Gasteiger partial charge in [-0.25, -0.2) is 0 Å². The Morgan fingerprint density at radius 3 is 2.04 bits per heavy atom. The van der Waals surface area contributed by atoms with Crippen molar-refractivity contribution in [1.29, 1.82) is 0 Å². The van der Waals surface area contributed by atoms with Crippen molar-refractivity contribution in [1.82, 2.24) is 5.32 Å². The van der Waals surface area contributed by atoms with Crippen molar-refractivity contribution in [3.05, 3.63) is 107 Å². The van der Waals surface area contributed by atoms with E-state index in [1.54, 1.807) is 0 Å². The van der Waals surface area contributed by atoms with Crippen molar-refractivity contribution in [2.75, 3.05) is 0 Å². The molecule has 0 spiro atoms. The predicted octanol–water partition coefficient (Wildman–Crippen LogP) is 4.93. The van der Waals surface area contributed by atoms with Crippen molar-refractivity contribution in [2.45, 2.75) is 31.7 Å². The summed E-state index contributed by atoms with van der Waals surface area (Å²) in [5.41, 5.74) is 6.30. The molecule has 0 aromatic heterocycles. The number of rotatable bonds is 4. The summed E-state index contributed by atoms with van der Waals surface area (Å²) in [6.45, 7) is 2.10. The predicted molar refractivity (Wildman–Crippen MR) is 106 cm³/mol. The van der Waals surface area contributed by atoms with Crippen LogP contribution in [0.15, 0.2) is 78.9 Å². The Morgan fingerprint density at radius 2 is 1.42 bits per heavy atom. The van der Waals surface area contributed by atoms with E-state index in [0.29, 0.717) is 11.5 Å². The molecule has 3 aromatic rings. The maximum atomic E-state index is 12.5. The third-order valence-electron chi connectivity index (χ3n) is 5.24. The molecule has 2 heteroatoms. The first-order valence-corrected chi connectivity index (χ1v) is 9.24. The molecule has 0 bridgehead atoms. The molecule has 26 heavy (non-hydrogen) atoms. The molecule has 0 radical (unpaired) electrons. The van der Waals surface area contributed by atoms with Gasteiger partial charge in [-0.2, -0.15) is 0 Å². The summed E-state index contributed by atoms with van der Waals surface area (Å²) in [5, 5.41) is 3.17. The van der Waals surface area contributed by atoms with Gasteiger partial charge in [-0.15, -0.1) is 0 Å². The summed E-state index contributed by atoms with van der Waals surface area (Å²) in [6, 6.07) is 26.9. The molecule has 4 rings (SSSR count). The lowest BCUT2D eigenvalue weighted by Gasteiger charge is -2.30. The van der Waals surface area contributed by atoms with Crippen LogP contribution in [0.3, 0.4) is 0 Å². The molecular weight excluding hydrogens is 318 g/mol. The SMILES string of the molecule is CC(CC1c2ccccc2Cc2ccccc21)NC(=O)c1ccccc1. The van der Waals surface area contributed by atoms with E-state index in [1.807, 2.05) is 30.3 Å². The third kappa shape index (κ3) is 3.28. The minimum atomic E-state index is -0.00419. The molecular formula is C24H23NO. The Labute approximate surface area is 154 Å². The summed E-state index contributed by atoms with van der Waals surface area (Å²) >= 11 is 0. The maximum absolute atomic E-state index is 12.5. The number of hydrogen-bond donors (Lipinski definition) is 1. The molecule has 0 heterocycles. The van der Waals surface area contributed by atoms with Gasteiger partial charge < -0.3 is 5.32 Å². The van der Waals surface area contributed by atoms with Gasteiger partial charge in [-0.1, -0.05) is 66.7 Å². The number of carbonyl (C=O) groups is 1. The van der Waals surface area contributed by atoms with Crippen molar-refractivity contribution in [2.24, 2.45) is 0 Å². The Kier molecular flexibility index (Phi) is 4.57. The fraction of sp³-hybridized carbons (Fsp3) is 0.208. The van der Waals surface area contributed by atoms with Crippen LogP contribution in [0.1, 0.15) is 51.9 Å². The first kappa shape index (κ1) is 16.6. The molecule has 0 aliphatic heterocycles. The minimum absolute atomic E-state index is 0.00419. The molecule has 0 fully saturated rings. The molecule has 1 unspecified atom stereocenters. The molecule has 2 nitrogen and oxygen atoms in total. The van der Waals surface area contributed by atoms with Gasteiger partial charge in [0.15, 0.2) is 0 Å². The van der Waals surface area contributed by atoms with Gasteiger partial charge in [0.25, 0.3) is 5.91 Å². The summed E-state index contributed by atoms with van der Waals surface area (Å²) < 4.78 is 0. The van der Waals surface area contributed by atoms with E-state index in [0.717, 1.165) is 12.8 Å². The number of hydrogen-bond acceptors (Lipinski definition) is 1. The van der Waals surface area contributed by atoms with E-state index in [1.165, 1.54) is 22.3 Å². The smallest absolute Gasteiger partial charge is 0.251 e. The molecule has 1 amide bonds. The zero-order valence-corrected chi connectivity index (χ0v) is 15.0. The first-order chi connectivity index (χ1) is 12.7. The van der Waals surface area contributed by atoms with E-state index in [-0.39, 0.29) is 11.9 Å². The van der Waals surface area contributed by atoms with Crippen molar-refractivity contribution in [3.8, 4) is 0 Å². The van der Waals surface area contributed by atoms with Crippen LogP contribution in [0.2, 0.25) is 0 Å². The highest BCUT2D eigenvalue weighted by molar-refractivity contribution is 5.94. The minimum Gasteiger partial charge on any atom is -0.350 e. The summed E-state index contributed by atoms with van der Waals surface area (Å²) in [6.07, 6.45) is 1.89. The zero-order chi connectivity index (χ0) is 17.9. The molecule has 0 saturated carbocycles. The second kappa shape index (κ2) is 7.17. The molecule has 3 aromatic carbocycles. The quantitative estimate of drug-likeness (QED) is 0.716. The van der Waals surface area contributed by atoms with Crippen LogP contribution >= 0.6 is 0 Å². The lowest BCUT2D eigenvalue weighted by atomic mass is 9.75. The summed E-state index contributed by atoms with van der Waals surface area (Å²) in [4.78, 5) is 12.5. The topological polar surface area (TPSA) is 29.1 Å². The zero-order valence-electron chi connectivity index (χ0n) is 15.0. The molecule has 1 atom stereocenters. The van der Waals surface area contributed by atoms with Crippen LogP contribution in [0.4, 0.5) is 0 Å². The van der Waals surface area contributed by atoms with Gasteiger partial charge in [0.2, 0.25) is 0 Å². The fourth-order valence-electron chi connectivity index (χ4n) is 4.01. The van der Waals surface area contributed by atoms with Crippen LogP contribution in [-0.4, -0.2) is 11.9 Å². The van der Waals surface area contributed by atoms with Gasteiger partial charge in [0, 0.05) is 17.5 Å². The maximum Gasteiger partial charge on any atom is 0.251 e. The second-order valence-corrected chi connectivity index (χ2v) is 7.10. The number of carbonyl (C=O) groups excluding carboxylic acids is 1.